The summed E-state index contributed by atoms with van der Waals surface area (Å²) in [6, 6.07) is 9.21. The number of hydrogen-bond acceptors (Lipinski definition) is 4. The monoisotopic (exact) mass is 290 g/mol. The number of nitrogens with one attached hydrogen (secondary N) is 1. The summed E-state index contributed by atoms with van der Waals surface area (Å²) >= 11 is 0. The Morgan fingerprint density at radius 2 is 2.05 bits per heavy atom. The lowest BCUT2D eigenvalue weighted by atomic mass is 10.1. The van der Waals surface area contributed by atoms with Crippen LogP contribution in [0.2, 0.25) is 0 Å². The third-order valence-electron chi connectivity index (χ3n) is 3.10. The van der Waals surface area contributed by atoms with Gasteiger partial charge in [0.25, 0.3) is 5.69 Å². The van der Waals surface area contributed by atoms with E-state index in [4.69, 9.17) is 4.74 Å². The van der Waals surface area contributed by atoms with Crippen LogP contribution in [0.15, 0.2) is 36.4 Å². The molecule has 110 valence electrons. The van der Waals surface area contributed by atoms with Crippen LogP contribution in [0.3, 0.4) is 0 Å². The van der Waals surface area contributed by atoms with Gasteiger partial charge >= 0.3 is 0 Å². The number of methoxy groups -OCH3 is 1. The molecule has 0 saturated heterocycles. The molecule has 0 saturated carbocycles. The molecular weight excluding hydrogens is 275 g/mol. The van der Waals surface area contributed by atoms with Crippen LogP contribution < -0.4 is 10.1 Å². The molecule has 0 bridgehead atoms. The Labute approximate surface area is 121 Å². The first-order valence-corrected chi connectivity index (χ1v) is 6.32. The van der Waals surface area contributed by atoms with Crippen molar-refractivity contribution >= 4 is 11.4 Å². The quantitative estimate of drug-likeness (QED) is 0.674. The molecule has 0 spiro atoms. The van der Waals surface area contributed by atoms with Gasteiger partial charge in [-0.15, -0.1) is 0 Å². The summed E-state index contributed by atoms with van der Waals surface area (Å²) in [7, 11) is 1.45. The van der Waals surface area contributed by atoms with Gasteiger partial charge in [0, 0.05) is 12.6 Å². The van der Waals surface area contributed by atoms with Crippen LogP contribution in [0.5, 0.6) is 5.75 Å². The highest BCUT2D eigenvalue weighted by molar-refractivity contribution is 5.60. The SMILES string of the molecule is COc1cc([N+](=O)[O-])ccc1NCc1ccc(F)c(C)c1. The highest BCUT2D eigenvalue weighted by Gasteiger charge is 2.11. The topological polar surface area (TPSA) is 64.4 Å². The van der Waals surface area contributed by atoms with Gasteiger partial charge in [-0.1, -0.05) is 12.1 Å². The lowest BCUT2D eigenvalue weighted by Gasteiger charge is -2.11. The maximum atomic E-state index is 13.2. The van der Waals surface area contributed by atoms with Crippen molar-refractivity contribution in [3.05, 3.63) is 63.5 Å². The van der Waals surface area contributed by atoms with Crippen LogP contribution in [0.1, 0.15) is 11.1 Å². The molecule has 2 rings (SSSR count). The molecule has 6 heteroatoms. The van der Waals surface area contributed by atoms with E-state index in [2.05, 4.69) is 5.32 Å². The van der Waals surface area contributed by atoms with Gasteiger partial charge in [-0.3, -0.25) is 10.1 Å². The van der Waals surface area contributed by atoms with Crippen LogP contribution in [-0.4, -0.2) is 12.0 Å². The highest BCUT2D eigenvalue weighted by Crippen LogP contribution is 2.29. The Hall–Kier alpha value is -2.63. The predicted octanol–water partition coefficient (Wildman–Crippen LogP) is 3.66. The van der Waals surface area contributed by atoms with Crippen molar-refractivity contribution in [1.82, 2.24) is 0 Å². The van der Waals surface area contributed by atoms with E-state index >= 15 is 0 Å². The number of halogens is 1. The van der Waals surface area contributed by atoms with Gasteiger partial charge in [0.1, 0.15) is 11.6 Å². The number of aryl methyl sites for hydroxylation is 1. The highest BCUT2D eigenvalue weighted by atomic mass is 19.1. The van der Waals surface area contributed by atoms with Gasteiger partial charge in [0.15, 0.2) is 0 Å². The van der Waals surface area contributed by atoms with Crippen molar-refractivity contribution < 1.29 is 14.1 Å². The molecule has 0 fully saturated rings. The third kappa shape index (κ3) is 3.47. The van der Waals surface area contributed by atoms with Crippen molar-refractivity contribution in [3.8, 4) is 5.75 Å². The Balaban J connectivity index is 2.15. The zero-order chi connectivity index (χ0) is 15.4. The van der Waals surface area contributed by atoms with Crippen LogP contribution in [0.4, 0.5) is 15.8 Å². The van der Waals surface area contributed by atoms with E-state index in [9.17, 15) is 14.5 Å². The molecule has 0 unspecified atom stereocenters. The normalized spacial score (nSPS) is 10.2. The van der Waals surface area contributed by atoms with E-state index < -0.39 is 4.92 Å². The zero-order valence-corrected chi connectivity index (χ0v) is 11.7. The molecule has 0 aliphatic carbocycles. The Morgan fingerprint density at radius 3 is 2.67 bits per heavy atom. The molecule has 0 radical (unpaired) electrons. The maximum absolute atomic E-state index is 13.2. The van der Waals surface area contributed by atoms with Crippen molar-refractivity contribution in [2.45, 2.75) is 13.5 Å². The van der Waals surface area contributed by atoms with Crippen LogP contribution in [0.25, 0.3) is 0 Å². The number of nitrogens with zero attached hydrogens (tertiary/aromatic N) is 1. The second kappa shape index (κ2) is 6.21. The van der Waals surface area contributed by atoms with Gasteiger partial charge in [-0.05, 0) is 30.2 Å². The average Bonchev–Trinajstić information content (AvgIpc) is 2.48. The first kappa shape index (κ1) is 14.8. The van der Waals surface area contributed by atoms with Gasteiger partial charge in [0.2, 0.25) is 0 Å². The second-order valence-electron chi connectivity index (χ2n) is 4.58. The Morgan fingerprint density at radius 1 is 1.29 bits per heavy atom. The van der Waals surface area contributed by atoms with Crippen molar-refractivity contribution in [2.75, 3.05) is 12.4 Å². The molecule has 0 heterocycles. The fourth-order valence-electron chi connectivity index (χ4n) is 1.95. The molecular formula is C15H15FN2O3. The van der Waals surface area contributed by atoms with Crippen molar-refractivity contribution in [2.24, 2.45) is 0 Å². The molecule has 0 aromatic heterocycles. The molecule has 5 nitrogen and oxygen atoms in total. The number of benzene rings is 2. The number of anilines is 1. The zero-order valence-electron chi connectivity index (χ0n) is 11.7. The summed E-state index contributed by atoms with van der Waals surface area (Å²) in [4.78, 5) is 10.2. The first-order valence-electron chi connectivity index (χ1n) is 6.32. The number of nitro groups is 1. The van der Waals surface area contributed by atoms with Gasteiger partial charge in [0.05, 0.1) is 23.8 Å². The fraction of sp³-hybridized carbons (Fsp3) is 0.200. The third-order valence-corrected chi connectivity index (χ3v) is 3.10. The number of rotatable bonds is 5. The smallest absolute Gasteiger partial charge is 0.273 e. The molecule has 21 heavy (non-hydrogen) atoms. The summed E-state index contributed by atoms with van der Waals surface area (Å²) in [5.74, 6) is 0.148. The molecule has 0 aliphatic rings. The van der Waals surface area contributed by atoms with E-state index in [1.807, 2.05) is 0 Å². The molecule has 0 aliphatic heterocycles. The fourth-order valence-corrected chi connectivity index (χ4v) is 1.95. The number of non-ortho nitro benzene ring substituents is 1. The van der Waals surface area contributed by atoms with Crippen molar-refractivity contribution in [1.29, 1.82) is 0 Å². The summed E-state index contributed by atoms with van der Waals surface area (Å²) in [6.07, 6.45) is 0. The number of ether oxygens (including phenoxy) is 1. The second-order valence-corrected chi connectivity index (χ2v) is 4.58. The number of nitro benzene ring substituents is 1. The molecule has 2 aromatic carbocycles. The Kier molecular flexibility index (Phi) is 4.37. The van der Waals surface area contributed by atoms with E-state index in [-0.39, 0.29) is 11.5 Å². The molecule has 0 amide bonds. The Bertz CT molecular complexity index is 674. The molecule has 0 atom stereocenters. The largest absolute Gasteiger partial charge is 0.494 e. The van der Waals surface area contributed by atoms with Crippen molar-refractivity contribution in [3.63, 3.8) is 0 Å². The average molecular weight is 290 g/mol. The molecule has 2 aromatic rings. The van der Waals surface area contributed by atoms with E-state index in [0.29, 0.717) is 23.5 Å². The lowest BCUT2D eigenvalue weighted by Crippen LogP contribution is -2.02. The van der Waals surface area contributed by atoms with Gasteiger partial charge in [-0.2, -0.15) is 0 Å². The minimum absolute atomic E-state index is 0.0324. The summed E-state index contributed by atoms with van der Waals surface area (Å²) in [6.45, 7) is 2.17. The summed E-state index contributed by atoms with van der Waals surface area (Å²) < 4.78 is 18.3. The maximum Gasteiger partial charge on any atom is 0.273 e. The standard InChI is InChI=1S/C15H15FN2O3/c1-10-7-11(3-5-13(10)16)9-17-14-6-4-12(18(19)20)8-15(14)21-2/h3-8,17H,9H2,1-2H3. The van der Waals surface area contributed by atoms with Crippen LogP contribution >= 0.6 is 0 Å². The van der Waals surface area contributed by atoms with Crippen LogP contribution in [0, 0.1) is 22.9 Å². The number of hydrogen-bond donors (Lipinski definition) is 1. The lowest BCUT2D eigenvalue weighted by molar-refractivity contribution is -0.384. The van der Waals surface area contributed by atoms with E-state index in [0.717, 1.165) is 5.56 Å². The molecule has 1 N–H and O–H groups in total. The minimum atomic E-state index is -0.477. The van der Waals surface area contributed by atoms with E-state index in [1.165, 1.54) is 25.3 Å². The summed E-state index contributed by atoms with van der Waals surface area (Å²) in [5.41, 5.74) is 2.10. The van der Waals surface area contributed by atoms with Gasteiger partial charge < -0.3 is 10.1 Å². The minimum Gasteiger partial charge on any atom is -0.494 e. The van der Waals surface area contributed by atoms with Crippen LogP contribution in [-0.2, 0) is 6.54 Å². The predicted molar refractivity (Wildman–Crippen MR) is 78.1 cm³/mol. The van der Waals surface area contributed by atoms with Gasteiger partial charge in [-0.25, -0.2) is 4.39 Å². The van der Waals surface area contributed by atoms with E-state index in [1.54, 1.807) is 25.1 Å². The first-order chi connectivity index (χ1) is 10.0. The summed E-state index contributed by atoms with van der Waals surface area (Å²) in [5, 5.41) is 13.8.